The van der Waals surface area contributed by atoms with E-state index in [1.165, 1.54) is 116 Å². The molecule has 0 aliphatic rings. The normalized spacial score (nSPS) is 11.5. The first-order chi connectivity index (χ1) is 21.7. The van der Waals surface area contributed by atoms with E-state index in [4.69, 9.17) is 9.47 Å². The molecule has 2 rings (SSSR count). The average molecular weight is 603 g/mol. The van der Waals surface area contributed by atoms with Crippen molar-refractivity contribution < 1.29 is 14.3 Å². The van der Waals surface area contributed by atoms with Crippen molar-refractivity contribution in [3.63, 3.8) is 0 Å². The highest BCUT2D eigenvalue weighted by atomic mass is 16.5. The van der Waals surface area contributed by atoms with Gasteiger partial charge in [-0.1, -0.05) is 166 Å². The highest BCUT2D eigenvalue weighted by Crippen LogP contribution is 2.17. The number of ether oxygens (including phenoxy) is 2. The van der Waals surface area contributed by atoms with Gasteiger partial charge in [0.2, 0.25) is 0 Å². The molecule has 0 N–H and O–H groups in total. The quantitative estimate of drug-likeness (QED) is 0.0718. The first-order valence-electron chi connectivity index (χ1n) is 18.1. The second-order valence-corrected chi connectivity index (χ2v) is 12.3. The van der Waals surface area contributed by atoms with E-state index in [2.05, 4.69) is 13.8 Å². The molecule has 3 heteroatoms. The van der Waals surface area contributed by atoms with E-state index in [0.717, 1.165) is 48.7 Å². The molecule has 3 nitrogen and oxygen atoms in total. The van der Waals surface area contributed by atoms with Gasteiger partial charge in [0.15, 0.2) is 5.78 Å². The number of ketones is 1. The summed E-state index contributed by atoms with van der Waals surface area (Å²) in [5.41, 5.74) is 1.98. The summed E-state index contributed by atoms with van der Waals surface area (Å²) >= 11 is 0. The summed E-state index contributed by atoms with van der Waals surface area (Å²) in [4.78, 5) is 12.4. The van der Waals surface area contributed by atoms with Gasteiger partial charge in [0.05, 0.1) is 13.2 Å². The van der Waals surface area contributed by atoms with Gasteiger partial charge in [0.25, 0.3) is 0 Å². The van der Waals surface area contributed by atoms with Crippen LogP contribution in [0, 0.1) is 0 Å². The third kappa shape index (κ3) is 20.2. The second kappa shape index (κ2) is 26.6. The van der Waals surface area contributed by atoms with Crippen molar-refractivity contribution >= 4 is 17.9 Å². The summed E-state index contributed by atoms with van der Waals surface area (Å²) in [6.45, 7) is 6.07. The second-order valence-electron chi connectivity index (χ2n) is 12.3. The number of hydrogen-bond donors (Lipinski definition) is 0. The number of benzene rings is 2. The van der Waals surface area contributed by atoms with E-state index < -0.39 is 0 Å². The fraction of sp³-hybridized carbons (Fsp3) is 0.585. The van der Waals surface area contributed by atoms with Crippen LogP contribution in [0.3, 0.4) is 0 Å². The molecule has 0 amide bonds. The Morgan fingerprint density at radius 3 is 1.07 bits per heavy atom. The van der Waals surface area contributed by atoms with Crippen LogP contribution in [0.25, 0.3) is 12.2 Å². The molecule has 0 saturated heterocycles. The number of unbranched alkanes of at least 4 members (excludes halogenated alkanes) is 18. The minimum Gasteiger partial charge on any atom is -0.494 e. The molecule has 0 atom stereocenters. The molecule has 0 bridgehead atoms. The largest absolute Gasteiger partial charge is 0.494 e. The average Bonchev–Trinajstić information content (AvgIpc) is 3.05. The van der Waals surface area contributed by atoms with Gasteiger partial charge in [-0.15, -0.1) is 0 Å². The Balaban J connectivity index is 1.53. The molecule has 0 fully saturated rings. The molecular weight excluding hydrogens is 540 g/mol. The lowest BCUT2D eigenvalue weighted by atomic mass is 10.1. The molecule has 2 aromatic rings. The van der Waals surface area contributed by atoms with Crippen LogP contribution >= 0.6 is 0 Å². The Bertz CT molecular complexity index is 922. The lowest BCUT2D eigenvalue weighted by Gasteiger charge is -2.06. The van der Waals surface area contributed by atoms with Crippen LogP contribution < -0.4 is 9.47 Å². The Kier molecular flexibility index (Phi) is 22.6. The molecule has 0 aliphatic heterocycles. The Labute approximate surface area is 270 Å². The Morgan fingerprint density at radius 2 is 0.750 bits per heavy atom. The zero-order chi connectivity index (χ0) is 31.3. The molecule has 0 saturated carbocycles. The topological polar surface area (TPSA) is 35.5 Å². The van der Waals surface area contributed by atoms with Gasteiger partial charge < -0.3 is 9.47 Å². The van der Waals surface area contributed by atoms with Crippen LogP contribution in [0.5, 0.6) is 11.5 Å². The monoisotopic (exact) mass is 602 g/mol. The molecule has 0 aromatic heterocycles. The van der Waals surface area contributed by atoms with E-state index >= 15 is 0 Å². The first kappa shape index (κ1) is 37.4. The molecule has 0 unspecified atom stereocenters. The van der Waals surface area contributed by atoms with Crippen molar-refractivity contribution in [2.45, 2.75) is 142 Å². The van der Waals surface area contributed by atoms with Gasteiger partial charge in [0, 0.05) is 0 Å². The zero-order valence-corrected chi connectivity index (χ0v) is 28.2. The number of carbonyl (C=O) groups is 1. The number of allylic oxidation sites excluding steroid dienone is 2. The molecule has 2 aromatic carbocycles. The molecule has 44 heavy (non-hydrogen) atoms. The van der Waals surface area contributed by atoms with E-state index in [1.54, 1.807) is 12.2 Å². The van der Waals surface area contributed by atoms with Crippen molar-refractivity contribution in [2.24, 2.45) is 0 Å². The summed E-state index contributed by atoms with van der Waals surface area (Å²) in [5, 5.41) is 0. The van der Waals surface area contributed by atoms with Gasteiger partial charge in [-0.05, 0) is 60.4 Å². The minimum absolute atomic E-state index is 0.0347. The third-order valence-corrected chi connectivity index (χ3v) is 8.17. The highest BCUT2D eigenvalue weighted by molar-refractivity contribution is 6.04. The Morgan fingerprint density at radius 1 is 0.455 bits per heavy atom. The highest BCUT2D eigenvalue weighted by Gasteiger charge is 1.99. The maximum Gasteiger partial charge on any atom is 0.178 e. The summed E-state index contributed by atoms with van der Waals surface area (Å²) in [6.07, 6.45) is 33.5. The van der Waals surface area contributed by atoms with Crippen molar-refractivity contribution in [1.82, 2.24) is 0 Å². The summed E-state index contributed by atoms with van der Waals surface area (Å²) in [7, 11) is 0. The zero-order valence-electron chi connectivity index (χ0n) is 28.2. The lowest BCUT2D eigenvalue weighted by Crippen LogP contribution is -1.97. The van der Waals surface area contributed by atoms with Crippen LogP contribution in [-0.2, 0) is 4.79 Å². The predicted octanol–water partition coefficient (Wildman–Crippen LogP) is 12.6. The van der Waals surface area contributed by atoms with Gasteiger partial charge in [-0.3, -0.25) is 4.79 Å². The lowest BCUT2D eigenvalue weighted by molar-refractivity contribution is -0.110. The first-order valence-corrected chi connectivity index (χ1v) is 18.1. The van der Waals surface area contributed by atoms with Crippen molar-refractivity contribution in [2.75, 3.05) is 13.2 Å². The summed E-state index contributed by atoms with van der Waals surface area (Å²) in [5.74, 6) is 1.74. The van der Waals surface area contributed by atoms with E-state index in [1.807, 2.05) is 60.7 Å². The fourth-order valence-electron chi connectivity index (χ4n) is 5.32. The third-order valence-electron chi connectivity index (χ3n) is 8.17. The molecule has 244 valence electrons. The maximum absolute atomic E-state index is 12.4. The molecular formula is C41H62O3. The van der Waals surface area contributed by atoms with Gasteiger partial charge >= 0.3 is 0 Å². The maximum atomic E-state index is 12.4. The number of rotatable bonds is 28. The van der Waals surface area contributed by atoms with Crippen LogP contribution in [0.2, 0.25) is 0 Å². The van der Waals surface area contributed by atoms with Crippen LogP contribution in [-0.4, -0.2) is 19.0 Å². The molecule has 0 aliphatic carbocycles. The van der Waals surface area contributed by atoms with E-state index in [9.17, 15) is 4.79 Å². The van der Waals surface area contributed by atoms with Gasteiger partial charge in [0.1, 0.15) is 11.5 Å². The molecule has 0 spiro atoms. The van der Waals surface area contributed by atoms with Gasteiger partial charge in [-0.2, -0.15) is 0 Å². The van der Waals surface area contributed by atoms with Crippen LogP contribution in [0.4, 0.5) is 0 Å². The van der Waals surface area contributed by atoms with Gasteiger partial charge in [-0.25, -0.2) is 0 Å². The van der Waals surface area contributed by atoms with Crippen molar-refractivity contribution in [1.29, 1.82) is 0 Å². The standard InChI is InChI=1S/C41H62O3/c1-3-5-7-9-11-13-15-17-19-21-35-43-40-31-25-37(26-32-40)23-29-39(42)30-24-38-27-33-41(34-28-38)44-36-22-20-18-16-14-12-10-8-6-4-2/h23-34H,3-22,35-36H2,1-2H3/b29-23+,30-24+. The fourth-order valence-corrected chi connectivity index (χ4v) is 5.32. The minimum atomic E-state index is -0.0347. The SMILES string of the molecule is CCCCCCCCCCCCOc1ccc(/C=C/C(=O)/C=C/c2ccc(OCCCCCCCCCCCC)cc2)cc1. The number of carbonyl (C=O) groups excluding carboxylic acids is 1. The number of hydrogen-bond acceptors (Lipinski definition) is 3. The Hall–Kier alpha value is -2.81. The molecule has 0 radical (unpaired) electrons. The predicted molar refractivity (Wildman–Crippen MR) is 191 cm³/mol. The van der Waals surface area contributed by atoms with Crippen molar-refractivity contribution in [3.8, 4) is 11.5 Å². The van der Waals surface area contributed by atoms with Crippen molar-refractivity contribution in [3.05, 3.63) is 71.8 Å². The smallest absolute Gasteiger partial charge is 0.178 e. The van der Waals surface area contributed by atoms with Crippen LogP contribution in [0.1, 0.15) is 153 Å². The molecule has 0 heterocycles. The summed E-state index contributed by atoms with van der Waals surface area (Å²) in [6, 6.07) is 15.9. The van der Waals surface area contributed by atoms with E-state index in [0.29, 0.717) is 0 Å². The van der Waals surface area contributed by atoms with E-state index in [-0.39, 0.29) is 5.78 Å². The summed E-state index contributed by atoms with van der Waals surface area (Å²) < 4.78 is 11.8. The van der Waals surface area contributed by atoms with Crippen LogP contribution in [0.15, 0.2) is 60.7 Å².